The Kier molecular flexibility index (Phi) is 3.53. The zero-order chi connectivity index (χ0) is 15.8. The molecule has 2 aromatic rings. The van der Waals surface area contributed by atoms with Crippen molar-refractivity contribution >= 4 is 11.7 Å². The van der Waals surface area contributed by atoms with Crippen LogP contribution in [0.15, 0.2) is 30.9 Å². The van der Waals surface area contributed by atoms with Crippen LogP contribution in [-0.4, -0.2) is 75.2 Å². The van der Waals surface area contributed by atoms with E-state index in [0.29, 0.717) is 6.04 Å². The average Bonchev–Trinajstić information content (AvgIpc) is 3.21. The molecule has 2 saturated heterocycles. The number of amides is 2. The molecule has 2 fully saturated rings. The van der Waals surface area contributed by atoms with Gasteiger partial charge >= 0.3 is 6.03 Å². The highest BCUT2D eigenvalue weighted by molar-refractivity contribution is 5.93. The molecule has 0 radical (unpaired) electrons. The van der Waals surface area contributed by atoms with Crippen LogP contribution >= 0.6 is 0 Å². The van der Waals surface area contributed by atoms with E-state index >= 15 is 0 Å². The highest BCUT2D eigenvalue weighted by Crippen LogP contribution is 2.24. The third-order valence-electron chi connectivity index (χ3n) is 4.63. The Hall–Kier alpha value is -2.35. The lowest BCUT2D eigenvalue weighted by molar-refractivity contribution is 0.0934. The molecule has 0 N–H and O–H groups in total. The van der Waals surface area contributed by atoms with Gasteiger partial charge in [-0.1, -0.05) is 0 Å². The minimum absolute atomic E-state index is 0.0546. The molecule has 8 heteroatoms. The molecule has 0 bridgehead atoms. The molecule has 8 nitrogen and oxygen atoms in total. The van der Waals surface area contributed by atoms with Crippen molar-refractivity contribution in [2.24, 2.45) is 0 Å². The second-order valence-corrected chi connectivity index (χ2v) is 6.22. The monoisotopic (exact) mass is 315 g/mol. The van der Waals surface area contributed by atoms with Crippen molar-refractivity contribution in [3.63, 3.8) is 0 Å². The number of anilines is 1. The van der Waals surface area contributed by atoms with Crippen LogP contribution in [0.25, 0.3) is 0 Å². The quantitative estimate of drug-likeness (QED) is 0.806. The van der Waals surface area contributed by atoms with Crippen molar-refractivity contribution < 1.29 is 4.79 Å². The van der Waals surface area contributed by atoms with E-state index in [-0.39, 0.29) is 6.03 Å². The zero-order valence-corrected chi connectivity index (χ0v) is 13.2. The Morgan fingerprint density at radius 3 is 2.78 bits per heavy atom. The molecule has 2 aliphatic heterocycles. The van der Waals surface area contributed by atoms with Crippen LogP contribution < -0.4 is 4.90 Å². The van der Waals surface area contributed by atoms with Gasteiger partial charge in [-0.15, -0.1) is 0 Å². The van der Waals surface area contributed by atoms with E-state index in [0.717, 1.165) is 45.0 Å². The number of hydrogen-bond donors (Lipinski definition) is 0. The molecule has 0 saturated carbocycles. The maximum absolute atomic E-state index is 12.0. The molecule has 4 heterocycles. The van der Waals surface area contributed by atoms with E-state index in [1.54, 1.807) is 22.2 Å². The SMILES string of the molecule is CN1CCN(c2cnn(C3CN(CCn4cccn4)C3)c2)C1=O. The fourth-order valence-corrected chi connectivity index (χ4v) is 3.12. The molecule has 0 aliphatic carbocycles. The summed E-state index contributed by atoms with van der Waals surface area (Å²) in [7, 11) is 1.83. The number of hydrogen-bond acceptors (Lipinski definition) is 4. The van der Waals surface area contributed by atoms with E-state index in [1.165, 1.54) is 0 Å². The largest absolute Gasteiger partial charge is 0.326 e. The zero-order valence-electron chi connectivity index (χ0n) is 13.2. The Balaban J connectivity index is 1.30. The predicted molar refractivity (Wildman–Crippen MR) is 85.3 cm³/mol. The van der Waals surface area contributed by atoms with Gasteiger partial charge in [0.05, 0.1) is 24.5 Å². The van der Waals surface area contributed by atoms with E-state index in [2.05, 4.69) is 15.1 Å². The standard InChI is InChI=1S/C15H21N7O/c1-18-5-8-21(15(18)23)13-9-17-22(12-13)14-10-19(11-14)6-7-20-4-2-3-16-20/h2-4,9,12,14H,5-8,10-11H2,1H3. The summed E-state index contributed by atoms with van der Waals surface area (Å²) < 4.78 is 3.94. The normalized spacial score (nSPS) is 19.6. The minimum atomic E-state index is 0.0546. The molecule has 0 atom stereocenters. The topological polar surface area (TPSA) is 62.4 Å². The number of urea groups is 1. The molecule has 122 valence electrons. The van der Waals surface area contributed by atoms with E-state index in [9.17, 15) is 4.79 Å². The van der Waals surface area contributed by atoms with Crippen LogP contribution in [0, 0.1) is 0 Å². The molecule has 2 aromatic heterocycles. The molecule has 0 spiro atoms. The van der Waals surface area contributed by atoms with E-state index in [4.69, 9.17) is 0 Å². The fraction of sp³-hybridized carbons (Fsp3) is 0.533. The van der Waals surface area contributed by atoms with Gasteiger partial charge < -0.3 is 4.90 Å². The smallest absolute Gasteiger partial charge is 0.324 e. The summed E-state index contributed by atoms with van der Waals surface area (Å²) in [5, 5.41) is 8.66. The number of rotatable bonds is 5. The van der Waals surface area contributed by atoms with Crippen molar-refractivity contribution in [3.8, 4) is 0 Å². The average molecular weight is 315 g/mol. The van der Waals surface area contributed by atoms with Crippen LogP contribution in [0.2, 0.25) is 0 Å². The van der Waals surface area contributed by atoms with Crippen LogP contribution in [0.5, 0.6) is 0 Å². The number of likely N-dealkylation sites (N-methyl/N-ethyl adjacent to an activating group) is 1. The lowest BCUT2D eigenvalue weighted by Gasteiger charge is -2.39. The molecule has 0 aromatic carbocycles. The number of carbonyl (C=O) groups excluding carboxylic acids is 1. The van der Waals surface area contributed by atoms with E-state index < -0.39 is 0 Å². The van der Waals surface area contributed by atoms with Crippen molar-refractivity contribution in [2.75, 3.05) is 44.7 Å². The first kappa shape index (κ1) is 14.3. The van der Waals surface area contributed by atoms with Crippen molar-refractivity contribution in [1.82, 2.24) is 29.4 Å². The molecule has 0 unspecified atom stereocenters. The van der Waals surface area contributed by atoms with E-state index in [1.807, 2.05) is 34.9 Å². The fourth-order valence-electron chi connectivity index (χ4n) is 3.12. The van der Waals surface area contributed by atoms with Gasteiger partial charge in [0.1, 0.15) is 0 Å². The van der Waals surface area contributed by atoms with Gasteiger partial charge in [0.2, 0.25) is 0 Å². The number of carbonyl (C=O) groups is 1. The highest BCUT2D eigenvalue weighted by Gasteiger charge is 2.31. The summed E-state index contributed by atoms with van der Waals surface area (Å²) in [5.74, 6) is 0. The molecular formula is C15H21N7O. The predicted octanol–water partition coefficient (Wildman–Crippen LogP) is 0.508. The summed E-state index contributed by atoms with van der Waals surface area (Å²) in [6, 6.07) is 2.40. The summed E-state index contributed by atoms with van der Waals surface area (Å²) in [6.07, 6.45) is 7.58. The molecule has 4 rings (SSSR count). The first-order chi connectivity index (χ1) is 11.2. The maximum Gasteiger partial charge on any atom is 0.324 e. The second kappa shape index (κ2) is 5.69. The third kappa shape index (κ3) is 2.70. The van der Waals surface area contributed by atoms with Gasteiger partial charge in [-0.3, -0.25) is 19.2 Å². The second-order valence-electron chi connectivity index (χ2n) is 6.22. The summed E-state index contributed by atoms with van der Waals surface area (Å²) in [5.41, 5.74) is 0.898. The van der Waals surface area contributed by atoms with Crippen LogP contribution in [-0.2, 0) is 6.54 Å². The Morgan fingerprint density at radius 2 is 2.09 bits per heavy atom. The lowest BCUT2D eigenvalue weighted by Crippen LogP contribution is -2.48. The Bertz CT molecular complexity index is 674. The summed E-state index contributed by atoms with van der Waals surface area (Å²) in [4.78, 5) is 17.9. The molecule has 2 amide bonds. The Labute approximate surface area is 134 Å². The van der Waals surface area contributed by atoms with Crippen molar-refractivity contribution in [3.05, 3.63) is 30.9 Å². The molecule has 2 aliphatic rings. The van der Waals surface area contributed by atoms with Gasteiger partial charge in [-0.05, 0) is 6.07 Å². The highest BCUT2D eigenvalue weighted by atomic mass is 16.2. The maximum atomic E-state index is 12.0. The van der Waals surface area contributed by atoms with Crippen LogP contribution in [0.4, 0.5) is 10.5 Å². The summed E-state index contributed by atoms with van der Waals surface area (Å²) in [6.45, 7) is 5.42. The first-order valence-electron chi connectivity index (χ1n) is 7.97. The van der Waals surface area contributed by atoms with Gasteiger partial charge in [0.15, 0.2) is 0 Å². The van der Waals surface area contributed by atoms with Gasteiger partial charge in [0, 0.05) is 58.4 Å². The number of nitrogens with zero attached hydrogens (tertiary/aromatic N) is 7. The van der Waals surface area contributed by atoms with Gasteiger partial charge in [-0.2, -0.15) is 10.2 Å². The molecule has 23 heavy (non-hydrogen) atoms. The van der Waals surface area contributed by atoms with Crippen LogP contribution in [0.3, 0.4) is 0 Å². The number of likely N-dealkylation sites (tertiary alicyclic amines) is 1. The summed E-state index contributed by atoms with van der Waals surface area (Å²) >= 11 is 0. The van der Waals surface area contributed by atoms with Gasteiger partial charge in [0.25, 0.3) is 0 Å². The molecular weight excluding hydrogens is 294 g/mol. The first-order valence-corrected chi connectivity index (χ1v) is 7.97. The van der Waals surface area contributed by atoms with Crippen LogP contribution in [0.1, 0.15) is 6.04 Å². The minimum Gasteiger partial charge on any atom is -0.326 e. The Morgan fingerprint density at radius 1 is 1.22 bits per heavy atom. The lowest BCUT2D eigenvalue weighted by atomic mass is 10.1. The number of aromatic nitrogens is 4. The third-order valence-corrected chi connectivity index (χ3v) is 4.63. The van der Waals surface area contributed by atoms with Crippen molar-refractivity contribution in [2.45, 2.75) is 12.6 Å². The van der Waals surface area contributed by atoms with Gasteiger partial charge in [-0.25, -0.2) is 4.79 Å². The van der Waals surface area contributed by atoms with Crippen molar-refractivity contribution in [1.29, 1.82) is 0 Å².